The molecule has 1 aromatic carbocycles. The van der Waals surface area contributed by atoms with Crippen LogP contribution in [0.1, 0.15) is 31.1 Å². The Balaban J connectivity index is 3.19. The number of methoxy groups -OCH3 is 1. The molecule has 0 bridgehead atoms. The number of hydrogen-bond donors (Lipinski definition) is 0. The largest absolute Gasteiger partial charge is 0.496 e. The van der Waals surface area contributed by atoms with Crippen molar-refractivity contribution in [1.29, 1.82) is 0 Å². The summed E-state index contributed by atoms with van der Waals surface area (Å²) in [6.07, 6.45) is 0.0372. The quantitative estimate of drug-likeness (QED) is 0.713. The molecule has 1 rings (SSSR count). The second kappa shape index (κ2) is 4.82. The lowest BCUT2D eigenvalue weighted by atomic mass is 10.1. The highest BCUT2D eigenvalue weighted by Crippen LogP contribution is 2.29. The Morgan fingerprint density at radius 2 is 1.87 bits per heavy atom. The monoisotopic (exact) mass is 208 g/mol. The molecule has 0 unspecified atom stereocenters. The first kappa shape index (κ1) is 11.6. The van der Waals surface area contributed by atoms with Crippen molar-refractivity contribution >= 4 is 5.78 Å². The Kier molecular flexibility index (Phi) is 3.72. The summed E-state index contributed by atoms with van der Waals surface area (Å²) in [4.78, 5) is 11.5. The summed E-state index contributed by atoms with van der Waals surface area (Å²) >= 11 is 0. The standard InChI is InChI=1S/C12H16O3/c1-8(2)15-11-7-5-6-10(14-4)12(11)9(3)13/h5-8H,1-4H3. The van der Waals surface area contributed by atoms with Crippen LogP contribution in [0.2, 0.25) is 0 Å². The van der Waals surface area contributed by atoms with Crippen LogP contribution in [-0.4, -0.2) is 19.0 Å². The molecule has 3 nitrogen and oxygen atoms in total. The van der Waals surface area contributed by atoms with Crippen LogP contribution >= 0.6 is 0 Å². The number of carbonyl (C=O) groups is 1. The van der Waals surface area contributed by atoms with E-state index in [-0.39, 0.29) is 11.9 Å². The Bertz CT molecular complexity index is 356. The molecule has 15 heavy (non-hydrogen) atoms. The van der Waals surface area contributed by atoms with Gasteiger partial charge in [-0.15, -0.1) is 0 Å². The third-order valence-electron chi connectivity index (χ3n) is 1.92. The molecule has 0 heterocycles. The van der Waals surface area contributed by atoms with E-state index < -0.39 is 0 Å². The van der Waals surface area contributed by atoms with Gasteiger partial charge in [-0.1, -0.05) is 6.07 Å². The SMILES string of the molecule is COc1cccc(OC(C)C)c1C(C)=O. The van der Waals surface area contributed by atoms with E-state index in [0.717, 1.165) is 0 Å². The summed E-state index contributed by atoms with van der Waals surface area (Å²) in [5.74, 6) is 1.08. The molecule has 0 saturated heterocycles. The fourth-order valence-electron chi connectivity index (χ4n) is 1.38. The number of ether oxygens (including phenoxy) is 2. The zero-order valence-electron chi connectivity index (χ0n) is 9.53. The molecule has 0 aliphatic heterocycles. The maximum atomic E-state index is 11.5. The van der Waals surface area contributed by atoms with Gasteiger partial charge in [0, 0.05) is 0 Å². The second-order valence-corrected chi connectivity index (χ2v) is 3.56. The fourth-order valence-corrected chi connectivity index (χ4v) is 1.38. The minimum absolute atomic E-state index is 0.0372. The lowest BCUT2D eigenvalue weighted by Crippen LogP contribution is -2.09. The topological polar surface area (TPSA) is 35.5 Å². The highest BCUT2D eigenvalue weighted by atomic mass is 16.5. The van der Waals surface area contributed by atoms with Crippen LogP contribution < -0.4 is 9.47 Å². The van der Waals surface area contributed by atoms with Gasteiger partial charge in [0.05, 0.1) is 13.2 Å². The average Bonchev–Trinajstić information content (AvgIpc) is 2.15. The Morgan fingerprint density at radius 1 is 1.27 bits per heavy atom. The molecule has 0 N–H and O–H groups in total. The van der Waals surface area contributed by atoms with E-state index >= 15 is 0 Å². The predicted octanol–water partition coefficient (Wildman–Crippen LogP) is 2.69. The highest BCUT2D eigenvalue weighted by Gasteiger charge is 2.15. The summed E-state index contributed by atoms with van der Waals surface area (Å²) in [6.45, 7) is 5.35. The van der Waals surface area contributed by atoms with E-state index in [4.69, 9.17) is 9.47 Å². The van der Waals surface area contributed by atoms with Crippen molar-refractivity contribution in [3.8, 4) is 11.5 Å². The summed E-state index contributed by atoms with van der Waals surface area (Å²) in [5, 5.41) is 0. The summed E-state index contributed by atoms with van der Waals surface area (Å²) in [6, 6.07) is 5.34. The van der Waals surface area contributed by atoms with Crippen LogP contribution in [0.3, 0.4) is 0 Å². The van der Waals surface area contributed by atoms with Gasteiger partial charge in [-0.25, -0.2) is 0 Å². The summed E-state index contributed by atoms with van der Waals surface area (Å²) < 4.78 is 10.7. The highest BCUT2D eigenvalue weighted by molar-refractivity contribution is 5.99. The smallest absolute Gasteiger partial charge is 0.167 e. The molecule has 0 aliphatic carbocycles. The normalized spacial score (nSPS) is 10.2. The zero-order chi connectivity index (χ0) is 11.4. The van der Waals surface area contributed by atoms with Gasteiger partial charge in [0.25, 0.3) is 0 Å². The maximum Gasteiger partial charge on any atom is 0.167 e. The molecule has 0 atom stereocenters. The minimum atomic E-state index is -0.0527. The summed E-state index contributed by atoms with van der Waals surface area (Å²) in [5.41, 5.74) is 0.508. The molecule has 0 spiro atoms. The first-order chi connectivity index (χ1) is 7.06. The van der Waals surface area contributed by atoms with E-state index in [1.54, 1.807) is 19.2 Å². The van der Waals surface area contributed by atoms with Crippen molar-refractivity contribution < 1.29 is 14.3 Å². The first-order valence-corrected chi connectivity index (χ1v) is 4.91. The number of ketones is 1. The number of Topliss-reactive ketones (excluding diaryl/α,β-unsaturated/α-hetero) is 1. The summed E-state index contributed by atoms with van der Waals surface area (Å²) in [7, 11) is 1.54. The van der Waals surface area contributed by atoms with Gasteiger partial charge in [-0.05, 0) is 32.9 Å². The Hall–Kier alpha value is -1.51. The van der Waals surface area contributed by atoms with Gasteiger partial charge in [0.15, 0.2) is 5.78 Å². The van der Waals surface area contributed by atoms with Gasteiger partial charge in [0.1, 0.15) is 17.1 Å². The number of hydrogen-bond acceptors (Lipinski definition) is 3. The molecule has 0 radical (unpaired) electrons. The number of rotatable bonds is 4. The van der Waals surface area contributed by atoms with Crippen LogP contribution in [0.5, 0.6) is 11.5 Å². The molecule has 0 aliphatic rings. The molecule has 0 amide bonds. The van der Waals surface area contributed by atoms with Gasteiger partial charge in [0.2, 0.25) is 0 Å². The van der Waals surface area contributed by atoms with Crippen LogP contribution in [0.15, 0.2) is 18.2 Å². The van der Waals surface area contributed by atoms with Gasteiger partial charge in [-0.2, -0.15) is 0 Å². The maximum absolute atomic E-state index is 11.5. The van der Waals surface area contributed by atoms with Crippen molar-refractivity contribution in [2.45, 2.75) is 26.9 Å². The van der Waals surface area contributed by atoms with E-state index in [9.17, 15) is 4.79 Å². The molecule has 0 fully saturated rings. The van der Waals surface area contributed by atoms with Crippen molar-refractivity contribution in [2.24, 2.45) is 0 Å². The van der Waals surface area contributed by atoms with Gasteiger partial charge < -0.3 is 9.47 Å². The molecular formula is C12H16O3. The second-order valence-electron chi connectivity index (χ2n) is 3.56. The van der Waals surface area contributed by atoms with Crippen LogP contribution in [-0.2, 0) is 0 Å². The lowest BCUT2D eigenvalue weighted by Gasteiger charge is -2.14. The zero-order valence-corrected chi connectivity index (χ0v) is 9.53. The van der Waals surface area contributed by atoms with Gasteiger partial charge in [-0.3, -0.25) is 4.79 Å². The molecule has 3 heteroatoms. The molecule has 1 aromatic rings. The predicted molar refractivity (Wildman–Crippen MR) is 58.8 cm³/mol. The third kappa shape index (κ3) is 2.72. The van der Waals surface area contributed by atoms with Crippen molar-refractivity contribution in [1.82, 2.24) is 0 Å². The van der Waals surface area contributed by atoms with Crippen molar-refractivity contribution in [3.63, 3.8) is 0 Å². The lowest BCUT2D eigenvalue weighted by molar-refractivity contribution is 0.100. The molecular weight excluding hydrogens is 192 g/mol. The van der Waals surface area contributed by atoms with Gasteiger partial charge >= 0.3 is 0 Å². The average molecular weight is 208 g/mol. The van der Waals surface area contributed by atoms with Crippen molar-refractivity contribution in [2.75, 3.05) is 7.11 Å². The van der Waals surface area contributed by atoms with E-state index in [0.29, 0.717) is 17.1 Å². The molecule has 0 saturated carbocycles. The van der Waals surface area contributed by atoms with E-state index in [2.05, 4.69) is 0 Å². The van der Waals surface area contributed by atoms with Crippen molar-refractivity contribution in [3.05, 3.63) is 23.8 Å². The van der Waals surface area contributed by atoms with Crippen LogP contribution in [0.25, 0.3) is 0 Å². The third-order valence-corrected chi connectivity index (χ3v) is 1.92. The number of benzene rings is 1. The minimum Gasteiger partial charge on any atom is -0.496 e. The number of carbonyl (C=O) groups excluding carboxylic acids is 1. The molecule has 0 aromatic heterocycles. The Labute approximate surface area is 90.0 Å². The molecule has 82 valence electrons. The van der Waals surface area contributed by atoms with Crippen LogP contribution in [0, 0.1) is 0 Å². The fraction of sp³-hybridized carbons (Fsp3) is 0.417. The first-order valence-electron chi connectivity index (χ1n) is 4.91. The van der Waals surface area contributed by atoms with E-state index in [1.165, 1.54) is 6.92 Å². The van der Waals surface area contributed by atoms with E-state index in [1.807, 2.05) is 19.9 Å². The Morgan fingerprint density at radius 3 is 2.33 bits per heavy atom. The van der Waals surface area contributed by atoms with Crippen LogP contribution in [0.4, 0.5) is 0 Å².